The number of benzene rings is 2. The van der Waals surface area contributed by atoms with Gasteiger partial charge in [0.1, 0.15) is 0 Å². The van der Waals surface area contributed by atoms with Crippen LogP contribution in [0.2, 0.25) is 0 Å². The van der Waals surface area contributed by atoms with Crippen LogP contribution in [-0.4, -0.2) is 33.7 Å². The second-order valence-corrected chi connectivity index (χ2v) is 9.24. The highest BCUT2D eigenvalue weighted by Gasteiger charge is 2.31. The Balaban J connectivity index is 1.56. The Bertz CT molecular complexity index is 1450. The SMILES string of the molecule is Cc1c(-c2nn(CCS(=O)(=O)c3cccc(C(F)(F)F)c3)c(=O)o2)cnn1-c1ccccc1. The minimum Gasteiger partial charge on any atom is -0.387 e. The topological polar surface area (TPSA) is 100.0 Å². The number of para-hydroxylation sites is 1. The molecule has 2 aromatic carbocycles. The Morgan fingerprint density at radius 1 is 1.06 bits per heavy atom. The Labute approximate surface area is 185 Å². The molecular formula is C21H17F3N4O4S. The van der Waals surface area contributed by atoms with Crippen LogP contribution in [0.25, 0.3) is 17.1 Å². The van der Waals surface area contributed by atoms with Crippen molar-refractivity contribution in [3.05, 3.63) is 82.6 Å². The minimum atomic E-state index is -4.68. The van der Waals surface area contributed by atoms with E-state index < -0.39 is 44.5 Å². The first-order chi connectivity index (χ1) is 15.6. The minimum absolute atomic E-state index is 0.0452. The van der Waals surface area contributed by atoms with Gasteiger partial charge in [-0.3, -0.25) is 0 Å². The van der Waals surface area contributed by atoms with E-state index >= 15 is 0 Å². The number of rotatable bonds is 6. The Hall–Kier alpha value is -3.67. The number of aryl methyl sites for hydroxylation is 1. The van der Waals surface area contributed by atoms with Crippen LogP contribution in [-0.2, 0) is 22.6 Å². The van der Waals surface area contributed by atoms with Crippen LogP contribution in [0.4, 0.5) is 13.2 Å². The van der Waals surface area contributed by atoms with Crippen LogP contribution in [0.15, 0.2) is 74.9 Å². The van der Waals surface area contributed by atoms with Gasteiger partial charge in [-0.1, -0.05) is 24.3 Å². The molecule has 0 spiro atoms. The van der Waals surface area contributed by atoms with Crippen molar-refractivity contribution >= 4 is 9.84 Å². The van der Waals surface area contributed by atoms with E-state index in [4.69, 9.17) is 4.42 Å². The molecule has 0 amide bonds. The molecule has 4 rings (SSSR count). The molecule has 0 saturated carbocycles. The summed E-state index contributed by atoms with van der Waals surface area (Å²) in [6, 6.07) is 12.7. The van der Waals surface area contributed by atoms with Crippen LogP contribution in [0, 0.1) is 6.92 Å². The molecule has 0 N–H and O–H groups in total. The van der Waals surface area contributed by atoms with Crippen molar-refractivity contribution in [3.8, 4) is 17.1 Å². The highest BCUT2D eigenvalue weighted by Crippen LogP contribution is 2.30. The van der Waals surface area contributed by atoms with E-state index in [1.165, 1.54) is 6.20 Å². The maximum absolute atomic E-state index is 12.9. The molecule has 0 aliphatic carbocycles. The van der Waals surface area contributed by atoms with Gasteiger partial charge in [0.25, 0.3) is 5.89 Å². The summed E-state index contributed by atoms with van der Waals surface area (Å²) in [6.07, 6.45) is -3.21. The fraction of sp³-hybridized carbons (Fsp3) is 0.190. The highest BCUT2D eigenvalue weighted by molar-refractivity contribution is 7.91. The normalized spacial score (nSPS) is 12.2. The zero-order valence-corrected chi connectivity index (χ0v) is 18.0. The molecule has 0 aliphatic heterocycles. The summed E-state index contributed by atoms with van der Waals surface area (Å²) in [6.45, 7) is 1.36. The second-order valence-electron chi connectivity index (χ2n) is 7.13. The van der Waals surface area contributed by atoms with Crippen LogP contribution in [0.1, 0.15) is 11.3 Å². The largest absolute Gasteiger partial charge is 0.437 e. The molecule has 0 aliphatic rings. The monoisotopic (exact) mass is 478 g/mol. The molecule has 33 heavy (non-hydrogen) atoms. The van der Waals surface area contributed by atoms with E-state index in [1.807, 2.05) is 30.3 Å². The summed E-state index contributed by atoms with van der Waals surface area (Å²) in [7, 11) is -4.11. The number of halogens is 3. The summed E-state index contributed by atoms with van der Waals surface area (Å²) in [4.78, 5) is 11.7. The van der Waals surface area contributed by atoms with Gasteiger partial charge in [0.2, 0.25) is 0 Å². The van der Waals surface area contributed by atoms with Crippen molar-refractivity contribution in [2.45, 2.75) is 24.5 Å². The van der Waals surface area contributed by atoms with E-state index in [0.29, 0.717) is 17.3 Å². The van der Waals surface area contributed by atoms with Crippen molar-refractivity contribution in [1.82, 2.24) is 19.6 Å². The lowest BCUT2D eigenvalue weighted by Gasteiger charge is -2.09. The number of sulfone groups is 1. The van der Waals surface area contributed by atoms with E-state index in [0.717, 1.165) is 28.6 Å². The van der Waals surface area contributed by atoms with Crippen LogP contribution < -0.4 is 5.76 Å². The number of hydrogen-bond acceptors (Lipinski definition) is 6. The quantitative estimate of drug-likeness (QED) is 0.421. The molecule has 2 heterocycles. The Kier molecular flexibility index (Phi) is 5.70. The molecular weight excluding hydrogens is 461 g/mol. The summed E-state index contributed by atoms with van der Waals surface area (Å²) in [5.74, 6) is -1.57. The fourth-order valence-electron chi connectivity index (χ4n) is 3.20. The number of hydrogen-bond donors (Lipinski definition) is 0. The molecule has 172 valence electrons. The second kappa shape index (κ2) is 8.35. The van der Waals surface area contributed by atoms with Crippen molar-refractivity contribution in [3.63, 3.8) is 0 Å². The number of nitrogens with zero attached hydrogens (tertiary/aromatic N) is 4. The summed E-state index contributed by atoms with van der Waals surface area (Å²) >= 11 is 0. The molecule has 0 saturated heterocycles. The molecule has 12 heteroatoms. The summed E-state index contributed by atoms with van der Waals surface area (Å²) in [5.41, 5.74) is 0.798. The summed E-state index contributed by atoms with van der Waals surface area (Å²) in [5, 5.41) is 8.31. The number of alkyl halides is 3. The van der Waals surface area contributed by atoms with Crippen molar-refractivity contribution < 1.29 is 26.0 Å². The third kappa shape index (κ3) is 4.60. The molecule has 0 fully saturated rings. The average Bonchev–Trinajstić information content (AvgIpc) is 3.34. The van der Waals surface area contributed by atoms with E-state index in [2.05, 4.69) is 10.2 Å². The van der Waals surface area contributed by atoms with Gasteiger partial charge in [0, 0.05) is 0 Å². The molecule has 0 atom stereocenters. The van der Waals surface area contributed by atoms with Gasteiger partial charge in [0.15, 0.2) is 9.84 Å². The first-order valence-corrected chi connectivity index (χ1v) is 11.3. The molecule has 0 bridgehead atoms. The van der Waals surface area contributed by atoms with Crippen LogP contribution in [0.5, 0.6) is 0 Å². The average molecular weight is 478 g/mol. The van der Waals surface area contributed by atoms with Gasteiger partial charge in [-0.25, -0.2) is 17.9 Å². The van der Waals surface area contributed by atoms with Crippen molar-refractivity contribution in [2.24, 2.45) is 0 Å². The van der Waals surface area contributed by atoms with Gasteiger partial charge in [-0.05, 0) is 37.3 Å². The fourth-order valence-corrected chi connectivity index (χ4v) is 4.44. The maximum atomic E-state index is 12.9. The third-order valence-electron chi connectivity index (χ3n) is 4.94. The van der Waals surface area contributed by atoms with Crippen molar-refractivity contribution in [2.75, 3.05) is 5.75 Å². The van der Waals surface area contributed by atoms with Crippen LogP contribution >= 0.6 is 0 Å². The Morgan fingerprint density at radius 3 is 2.48 bits per heavy atom. The molecule has 2 aromatic heterocycles. The lowest BCUT2D eigenvalue weighted by atomic mass is 10.2. The highest BCUT2D eigenvalue weighted by atomic mass is 32.2. The molecule has 8 nitrogen and oxygen atoms in total. The summed E-state index contributed by atoms with van der Waals surface area (Å²) < 4.78 is 71.4. The predicted octanol–water partition coefficient (Wildman–Crippen LogP) is 3.49. The zero-order valence-electron chi connectivity index (χ0n) is 17.2. The lowest BCUT2D eigenvalue weighted by molar-refractivity contribution is -0.137. The molecule has 4 aromatic rings. The lowest BCUT2D eigenvalue weighted by Crippen LogP contribution is -2.22. The standard InChI is InChI=1S/C21H17F3N4O4S/c1-14-18(13-25-28(14)16-7-3-2-4-8-16)19-26-27(20(29)32-19)10-11-33(30,31)17-9-5-6-15(12-17)21(22,23)24/h2-9,12-13H,10-11H2,1H3. The van der Waals surface area contributed by atoms with E-state index in [9.17, 15) is 26.4 Å². The Morgan fingerprint density at radius 2 is 1.79 bits per heavy atom. The van der Waals surface area contributed by atoms with E-state index in [1.54, 1.807) is 11.6 Å². The van der Waals surface area contributed by atoms with E-state index in [-0.39, 0.29) is 5.89 Å². The first kappa shape index (κ1) is 22.5. The van der Waals surface area contributed by atoms with Gasteiger partial charge >= 0.3 is 11.9 Å². The first-order valence-electron chi connectivity index (χ1n) is 9.65. The third-order valence-corrected chi connectivity index (χ3v) is 6.63. The number of aromatic nitrogens is 4. The van der Waals surface area contributed by atoms with Gasteiger partial charge in [-0.2, -0.15) is 23.0 Å². The smallest absolute Gasteiger partial charge is 0.387 e. The van der Waals surface area contributed by atoms with Gasteiger partial charge < -0.3 is 4.42 Å². The molecule has 0 unspecified atom stereocenters. The predicted molar refractivity (Wildman–Crippen MR) is 112 cm³/mol. The molecule has 0 radical (unpaired) electrons. The maximum Gasteiger partial charge on any atom is 0.437 e. The van der Waals surface area contributed by atoms with Gasteiger partial charge in [0.05, 0.1) is 45.9 Å². The van der Waals surface area contributed by atoms with Gasteiger partial charge in [-0.15, -0.1) is 5.10 Å². The van der Waals surface area contributed by atoms with Crippen molar-refractivity contribution in [1.29, 1.82) is 0 Å². The zero-order chi connectivity index (χ0) is 23.8. The van der Waals surface area contributed by atoms with Crippen LogP contribution in [0.3, 0.4) is 0 Å².